The number of hydrogen-bond acceptors (Lipinski definition) is 5. The SMILES string of the molecule is COC(=O)CN=C(SC)c1ccn[nH]1. The Labute approximate surface area is 85.9 Å². The third-order valence-corrected chi connectivity index (χ3v) is 2.24. The maximum absolute atomic E-state index is 10.8. The first-order valence-electron chi connectivity index (χ1n) is 3.93. The van der Waals surface area contributed by atoms with Crippen molar-refractivity contribution in [1.29, 1.82) is 0 Å². The Morgan fingerprint density at radius 3 is 3.07 bits per heavy atom. The second-order valence-corrected chi connectivity index (χ2v) is 3.17. The number of esters is 1. The molecule has 1 aromatic heterocycles. The van der Waals surface area contributed by atoms with Crippen LogP contribution < -0.4 is 0 Å². The van der Waals surface area contributed by atoms with E-state index < -0.39 is 0 Å². The van der Waals surface area contributed by atoms with Gasteiger partial charge in [-0.25, -0.2) is 0 Å². The van der Waals surface area contributed by atoms with Gasteiger partial charge in [-0.15, -0.1) is 11.8 Å². The van der Waals surface area contributed by atoms with Crippen molar-refractivity contribution in [2.75, 3.05) is 19.9 Å². The van der Waals surface area contributed by atoms with Crippen LogP contribution in [0.5, 0.6) is 0 Å². The van der Waals surface area contributed by atoms with Gasteiger partial charge in [0, 0.05) is 6.20 Å². The second kappa shape index (κ2) is 5.43. The average molecular weight is 213 g/mol. The monoisotopic (exact) mass is 213 g/mol. The summed E-state index contributed by atoms with van der Waals surface area (Å²) in [6, 6.07) is 1.80. The molecule has 0 spiro atoms. The van der Waals surface area contributed by atoms with E-state index in [0.717, 1.165) is 10.7 Å². The van der Waals surface area contributed by atoms with E-state index in [0.29, 0.717) is 0 Å². The molecule has 0 radical (unpaired) electrons. The van der Waals surface area contributed by atoms with Gasteiger partial charge < -0.3 is 4.74 Å². The molecule has 1 aromatic rings. The Bertz CT molecular complexity index is 321. The molecule has 76 valence electrons. The van der Waals surface area contributed by atoms with Crippen LogP contribution in [0.25, 0.3) is 0 Å². The lowest BCUT2D eigenvalue weighted by Gasteiger charge is -1.99. The first-order valence-corrected chi connectivity index (χ1v) is 5.15. The number of thioether (sulfide) groups is 1. The van der Waals surface area contributed by atoms with E-state index in [4.69, 9.17) is 0 Å². The number of hydrogen-bond donors (Lipinski definition) is 1. The minimum atomic E-state index is -0.351. The minimum absolute atomic E-state index is 0.0334. The standard InChI is InChI=1S/C8H11N3O2S/c1-13-7(12)5-9-8(14-2)6-3-4-10-11-6/h3-4H,5H2,1-2H3,(H,10,11). The number of nitrogens with zero attached hydrogens (tertiary/aromatic N) is 2. The molecule has 0 unspecified atom stereocenters. The summed E-state index contributed by atoms with van der Waals surface area (Å²) in [5.74, 6) is -0.351. The Morgan fingerprint density at radius 2 is 2.57 bits per heavy atom. The highest BCUT2D eigenvalue weighted by Gasteiger charge is 2.04. The topological polar surface area (TPSA) is 67.3 Å². The quantitative estimate of drug-likeness (QED) is 0.456. The van der Waals surface area contributed by atoms with Gasteiger partial charge in [-0.1, -0.05) is 0 Å². The predicted octanol–water partition coefficient (Wildman–Crippen LogP) is 0.692. The largest absolute Gasteiger partial charge is 0.468 e. The summed E-state index contributed by atoms with van der Waals surface area (Å²) in [7, 11) is 1.34. The van der Waals surface area contributed by atoms with E-state index in [-0.39, 0.29) is 12.5 Å². The van der Waals surface area contributed by atoms with Crippen LogP contribution in [0.4, 0.5) is 0 Å². The average Bonchev–Trinajstić information content (AvgIpc) is 2.72. The van der Waals surface area contributed by atoms with E-state index in [2.05, 4.69) is 19.9 Å². The smallest absolute Gasteiger partial charge is 0.327 e. The van der Waals surface area contributed by atoms with E-state index in [1.165, 1.54) is 18.9 Å². The number of aliphatic imine (C=N–C) groups is 1. The van der Waals surface area contributed by atoms with E-state index in [9.17, 15) is 4.79 Å². The summed E-state index contributed by atoms with van der Waals surface area (Å²) in [5.41, 5.74) is 0.807. The third kappa shape index (κ3) is 2.88. The molecule has 0 fully saturated rings. The van der Waals surface area contributed by atoms with Gasteiger partial charge in [-0.05, 0) is 12.3 Å². The van der Waals surface area contributed by atoms with Crippen LogP contribution in [-0.2, 0) is 9.53 Å². The summed E-state index contributed by atoms with van der Waals surface area (Å²) < 4.78 is 4.48. The zero-order chi connectivity index (χ0) is 10.4. The summed E-state index contributed by atoms with van der Waals surface area (Å²) in [4.78, 5) is 14.9. The number of methoxy groups -OCH3 is 1. The Balaban J connectivity index is 2.67. The van der Waals surface area contributed by atoms with Crippen LogP contribution in [0.15, 0.2) is 17.3 Å². The fourth-order valence-corrected chi connectivity index (χ4v) is 1.36. The number of rotatable bonds is 3. The second-order valence-electron chi connectivity index (χ2n) is 2.37. The van der Waals surface area contributed by atoms with E-state index in [1.807, 2.05) is 6.26 Å². The van der Waals surface area contributed by atoms with Gasteiger partial charge in [0.25, 0.3) is 0 Å². The van der Waals surface area contributed by atoms with Crippen LogP contribution in [-0.4, -0.2) is 41.1 Å². The molecule has 0 aliphatic rings. The van der Waals surface area contributed by atoms with Gasteiger partial charge in [-0.2, -0.15) is 5.10 Å². The molecule has 1 heterocycles. The lowest BCUT2D eigenvalue weighted by molar-refractivity contribution is -0.138. The molecule has 0 saturated carbocycles. The zero-order valence-corrected chi connectivity index (χ0v) is 8.80. The summed E-state index contributed by atoms with van der Waals surface area (Å²) in [5, 5.41) is 7.32. The molecular weight excluding hydrogens is 202 g/mol. The molecule has 0 aromatic carbocycles. The van der Waals surface area contributed by atoms with Gasteiger partial charge in [-0.3, -0.25) is 14.9 Å². The van der Waals surface area contributed by atoms with Crippen molar-refractivity contribution < 1.29 is 9.53 Å². The highest BCUT2D eigenvalue weighted by atomic mass is 32.2. The van der Waals surface area contributed by atoms with Crippen LogP contribution in [0.1, 0.15) is 5.69 Å². The van der Waals surface area contributed by atoms with E-state index >= 15 is 0 Å². The van der Waals surface area contributed by atoms with Crippen molar-refractivity contribution in [1.82, 2.24) is 10.2 Å². The molecule has 0 saturated heterocycles. The van der Waals surface area contributed by atoms with Crippen LogP contribution >= 0.6 is 11.8 Å². The molecule has 1 N–H and O–H groups in total. The normalized spacial score (nSPS) is 11.4. The van der Waals surface area contributed by atoms with E-state index in [1.54, 1.807) is 12.3 Å². The molecule has 0 amide bonds. The number of aromatic amines is 1. The number of aromatic nitrogens is 2. The molecule has 0 aliphatic heterocycles. The Kier molecular flexibility index (Phi) is 4.18. The molecule has 5 nitrogen and oxygen atoms in total. The van der Waals surface area contributed by atoms with Gasteiger partial charge in [0.05, 0.1) is 12.8 Å². The van der Waals surface area contributed by atoms with Crippen molar-refractivity contribution in [2.24, 2.45) is 4.99 Å². The lowest BCUT2D eigenvalue weighted by Crippen LogP contribution is -2.07. The highest BCUT2D eigenvalue weighted by Crippen LogP contribution is 2.07. The molecule has 6 heteroatoms. The molecule has 0 bridgehead atoms. The Hall–Kier alpha value is -1.30. The fraction of sp³-hybridized carbons (Fsp3) is 0.375. The van der Waals surface area contributed by atoms with Gasteiger partial charge in [0.15, 0.2) is 0 Å². The van der Waals surface area contributed by atoms with Crippen LogP contribution in [0.3, 0.4) is 0 Å². The fourth-order valence-electron chi connectivity index (χ4n) is 0.836. The summed E-state index contributed by atoms with van der Waals surface area (Å²) >= 11 is 1.45. The molecular formula is C8H11N3O2S. The van der Waals surface area contributed by atoms with Gasteiger partial charge in [0.1, 0.15) is 11.6 Å². The summed E-state index contributed by atoms with van der Waals surface area (Å²) in [6.07, 6.45) is 3.52. The number of carbonyl (C=O) groups is 1. The highest BCUT2D eigenvalue weighted by molar-refractivity contribution is 8.13. The van der Waals surface area contributed by atoms with Gasteiger partial charge >= 0.3 is 5.97 Å². The third-order valence-electron chi connectivity index (χ3n) is 1.50. The molecule has 0 aliphatic carbocycles. The minimum Gasteiger partial charge on any atom is -0.468 e. The zero-order valence-electron chi connectivity index (χ0n) is 7.98. The molecule has 0 atom stereocenters. The number of carbonyl (C=O) groups excluding carboxylic acids is 1. The molecule has 1 rings (SSSR count). The summed E-state index contributed by atoms with van der Waals surface area (Å²) in [6.45, 7) is 0.0334. The van der Waals surface area contributed by atoms with Crippen molar-refractivity contribution in [3.63, 3.8) is 0 Å². The van der Waals surface area contributed by atoms with Crippen molar-refractivity contribution in [3.05, 3.63) is 18.0 Å². The number of ether oxygens (including phenoxy) is 1. The first kappa shape index (κ1) is 10.8. The lowest BCUT2D eigenvalue weighted by atomic mass is 10.5. The first-order chi connectivity index (χ1) is 6.77. The molecule has 14 heavy (non-hydrogen) atoms. The maximum Gasteiger partial charge on any atom is 0.327 e. The number of H-pyrrole nitrogens is 1. The van der Waals surface area contributed by atoms with Crippen molar-refractivity contribution in [2.45, 2.75) is 0 Å². The van der Waals surface area contributed by atoms with Crippen molar-refractivity contribution in [3.8, 4) is 0 Å². The van der Waals surface area contributed by atoms with Gasteiger partial charge in [0.2, 0.25) is 0 Å². The Morgan fingerprint density at radius 1 is 1.79 bits per heavy atom. The predicted molar refractivity (Wildman–Crippen MR) is 55.5 cm³/mol. The maximum atomic E-state index is 10.8. The van der Waals surface area contributed by atoms with Crippen molar-refractivity contribution >= 4 is 22.8 Å². The van der Waals surface area contributed by atoms with Crippen LogP contribution in [0, 0.1) is 0 Å². The van der Waals surface area contributed by atoms with Crippen LogP contribution in [0.2, 0.25) is 0 Å². The number of nitrogens with one attached hydrogen (secondary N) is 1.